The first-order valence-electron chi connectivity index (χ1n) is 12.7. The van der Waals surface area contributed by atoms with Gasteiger partial charge in [-0.1, -0.05) is 66.2 Å². The monoisotopic (exact) mass is 609 g/mol. The minimum atomic E-state index is -4.73. The van der Waals surface area contributed by atoms with Crippen molar-refractivity contribution in [1.29, 1.82) is 0 Å². The van der Waals surface area contributed by atoms with Gasteiger partial charge < -0.3 is 10.2 Å². The molecule has 3 aromatic rings. The third kappa shape index (κ3) is 8.96. The van der Waals surface area contributed by atoms with Crippen LogP contribution in [0, 0.1) is 0 Å². The molecule has 41 heavy (non-hydrogen) atoms. The van der Waals surface area contributed by atoms with Crippen molar-refractivity contribution < 1.29 is 31.2 Å². The van der Waals surface area contributed by atoms with Gasteiger partial charge in [-0.15, -0.1) is 0 Å². The van der Waals surface area contributed by atoms with Crippen molar-refractivity contribution in [2.75, 3.05) is 17.1 Å². The van der Waals surface area contributed by atoms with Gasteiger partial charge in [-0.05, 0) is 49.2 Å². The highest BCUT2D eigenvalue weighted by molar-refractivity contribution is 7.92. The lowest BCUT2D eigenvalue weighted by Gasteiger charge is -2.34. The predicted octanol–water partition coefficient (Wildman–Crippen LogP) is 5.29. The second-order valence-electron chi connectivity index (χ2n) is 9.80. The van der Waals surface area contributed by atoms with E-state index >= 15 is 0 Å². The molecule has 0 saturated carbocycles. The maximum atomic E-state index is 14.0. The Morgan fingerprint density at radius 3 is 2.17 bits per heavy atom. The van der Waals surface area contributed by atoms with Gasteiger partial charge in [-0.25, -0.2) is 8.42 Å². The number of nitrogens with one attached hydrogen (secondary N) is 1. The molecular weight excluding hydrogens is 579 g/mol. The Morgan fingerprint density at radius 1 is 0.951 bits per heavy atom. The van der Waals surface area contributed by atoms with Crippen LogP contribution in [-0.2, 0) is 38.8 Å². The van der Waals surface area contributed by atoms with Crippen molar-refractivity contribution in [3.63, 3.8) is 0 Å². The van der Waals surface area contributed by atoms with Crippen LogP contribution in [0.25, 0.3) is 0 Å². The van der Waals surface area contributed by atoms with Crippen LogP contribution in [0.5, 0.6) is 0 Å². The van der Waals surface area contributed by atoms with E-state index in [0.29, 0.717) is 21.0 Å². The normalized spacial score (nSPS) is 12.6. The van der Waals surface area contributed by atoms with Gasteiger partial charge in [0.15, 0.2) is 0 Å². The van der Waals surface area contributed by atoms with Crippen LogP contribution < -0.4 is 9.62 Å². The second-order valence-corrected chi connectivity index (χ2v) is 12.1. The fourth-order valence-corrected chi connectivity index (χ4v) is 5.23. The molecule has 2 amide bonds. The highest BCUT2D eigenvalue weighted by Gasteiger charge is 2.35. The van der Waals surface area contributed by atoms with E-state index in [2.05, 4.69) is 5.32 Å². The Morgan fingerprint density at radius 2 is 1.59 bits per heavy atom. The van der Waals surface area contributed by atoms with Crippen LogP contribution in [0.2, 0.25) is 5.02 Å². The van der Waals surface area contributed by atoms with Crippen molar-refractivity contribution in [1.82, 2.24) is 10.2 Å². The smallest absolute Gasteiger partial charge is 0.352 e. The molecule has 12 heteroatoms. The highest BCUT2D eigenvalue weighted by atomic mass is 35.5. The SMILES string of the molecule is CC(C)NC(=O)C(Cc1ccccc1)N(Cc1ccccc1Cl)C(=O)CN(c1cccc(C(F)(F)F)c1)S(C)(=O)=O. The summed E-state index contributed by atoms with van der Waals surface area (Å²) in [6.07, 6.45) is -3.83. The van der Waals surface area contributed by atoms with E-state index in [1.807, 2.05) is 0 Å². The molecule has 1 N–H and O–H groups in total. The fraction of sp³-hybridized carbons (Fsp3) is 0.310. The molecule has 0 bridgehead atoms. The van der Waals surface area contributed by atoms with Gasteiger partial charge in [-0.2, -0.15) is 13.2 Å². The van der Waals surface area contributed by atoms with E-state index < -0.39 is 46.2 Å². The van der Waals surface area contributed by atoms with E-state index in [1.54, 1.807) is 68.4 Å². The minimum absolute atomic E-state index is 0.0953. The van der Waals surface area contributed by atoms with Gasteiger partial charge in [0.25, 0.3) is 0 Å². The van der Waals surface area contributed by atoms with Crippen LogP contribution in [0.1, 0.15) is 30.5 Å². The fourth-order valence-electron chi connectivity index (χ4n) is 4.20. The van der Waals surface area contributed by atoms with Crippen molar-refractivity contribution in [2.45, 2.75) is 45.1 Å². The quantitative estimate of drug-likeness (QED) is 0.320. The molecule has 220 valence electrons. The van der Waals surface area contributed by atoms with Crippen LogP contribution in [0.3, 0.4) is 0 Å². The Bertz CT molecular complexity index is 1470. The van der Waals surface area contributed by atoms with Crippen LogP contribution in [0.4, 0.5) is 18.9 Å². The summed E-state index contributed by atoms with van der Waals surface area (Å²) >= 11 is 6.38. The molecule has 0 heterocycles. The average molecular weight is 610 g/mol. The molecule has 3 aromatic carbocycles. The maximum absolute atomic E-state index is 14.0. The second kappa shape index (κ2) is 13.4. The topological polar surface area (TPSA) is 86.8 Å². The lowest BCUT2D eigenvalue weighted by molar-refractivity contribution is -0.140. The molecule has 0 aliphatic rings. The third-order valence-electron chi connectivity index (χ3n) is 6.14. The average Bonchev–Trinajstić information content (AvgIpc) is 2.89. The van der Waals surface area contributed by atoms with Crippen LogP contribution in [0.15, 0.2) is 78.9 Å². The number of anilines is 1. The van der Waals surface area contributed by atoms with Crippen molar-refractivity contribution in [2.24, 2.45) is 0 Å². The first-order valence-corrected chi connectivity index (χ1v) is 14.9. The predicted molar refractivity (Wildman–Crippen MR) is 153 cm³/mol. The lowest BCUT2D eigenvalue weighted by atomic mass is 10.0. The number of halogens is 4. The number of amides is 2. The Labute approximate surface area is 243 Å². The summed E-state index contributed by atoms with van der Waals surface area (Å²) in [7, 11) is -4.22. The molecular formula is C29H31ClF3N3O4S. The molecule has 0 fully saturated rings. The zero-order chi connectivity index (χ0) is 30.4. The van der Waals surface area contributed by atoms with Gasteiger partial charge in [-0.3, -0.25) is 13.9 Å². The maximum Gasteiger partial charge on any atom is 0.416 e. The number of hydrogen-bond acceptors (Lipinski definition) is 4. The zero-order valence-electron chi connectivity index (χ0n) is 22.7. The van der Waals surface area contributed by atoms with Crippen molar-refractivity contribution in [3.8, 4) is 0 Å². The summed E-state index contributed by atoms with van der Waals surface area (Å²) in [5, 5.41) is 3.14. The standard InChI is InChI=1S/C29H31ClF3N3O4S/c1-20(2)34-28(38)26(16-21-10-5-4-6-11-21)35(18-22-12-7-8-15-25(22)30)27(37)19-36(41(3,39)40)24-14-9-13-23(17-24)29(31,32)33/h4-15,17,20,26H,16,18-19H2,1-3H3,(H,34,38). The van der Waals surface area contributed by atoms with Crippen molar-refractivity contribution >= 4 is 39.1 Å². The number of rotatable bonds is 11. The molecule has 3 rings (SSSR count). The number of hydrogen-bond donors (Lipinski definition) is 1. The van der Waals surface area contributed by atoms with Gasteiger partial charge >= 0.3 is 6.18 Å². The zero-order valence-corrected chi connectivity index (χ0v) is 24.3. The Balaban J connectivity index is 2.09. The molecule has 0 aliphatic carbocycles. The summed E-state index contributed by atoms with van der Waals surface area (Å²) in [6, 6.07) is 18.0. The van der Waals surface area contributed by atoms with Gasteiger partial charge in [0.1, 0.15) is 12.6 Å². The molecule has 7 nitrogen and oxygen atoms in total. The summed E-state index contributed by atoms with van der Waals surface area (Å²) in [5.74, 6) is -1.28. The van der Waals surface area contributed by atoms with E-state index in [-0.39, 0.29) is 24.7 Å². The van der Waals surface area contributed by atoms with Gasteiger partial charge in [0.2, 0.25) is 21.8 Å². The minimum Gasteiger partial charge on any atom is -0.352 e. The van der Waals surface area contributed by atoms with Gasteiger partial charge in [0, 0.05) is 24.0 Å². The van der Waals surface area contributed by atoms with E-state index in [4.69, 9.17) is 11.6 Å². The molecule has 1 atom stereocenters. The summed E-state index contributed by atoms with van der Waals surface area (Å²) in [6.45, 7) is 2.53. The highest BCUT2D eigenvalue weighted by Crippen LogP contribution is 2.32. The van der Waals surface area contributed by atoms with E-state index in [9.17, 15) is 31.2 Å². The van der Waals surface area contributed by atoms with Crippen LogP contribution in [-0.4, -0.2) is 50.0 Å². The first-order chi connectivity index (χ1) is 19.2. The van der Waals surface area contributed by atoms with E-state index in [0.717, 1.165) is 24.0 Å². The number of benzene rings is 3. The Hall–Kier alpha value is -3.57. The molecule has 0 radical (unpaired) electrons. The molecule has 0 aromatic heterocycles. The number of carbonyl (C=O) groups is 2. The van der Waals surface area contributed by atoms with Crippen molar-refractivity contribution in [3.05, 3.63) is 101 Å². The molecule has 0 aliphatic heterocycles. The molecule has 1 unspecified atom stereocenters. The lowest BCUT2D eigenvalue weighted by Crippen LogP contribution is -2.54. The summed E-state index contributed by atoms with van der Waals surface area (Å²) < 4.78 is 66.4. The summed E-state index contributed by atoms with van der Waals surface area (Å²) in [5.41, 5.74) is -0.156. The number of alkyl halides is 3. The first kappa shape index (κ1) is 32.0. The summed E-state index contributed by atoms with van der Waals surface area (Å²) in [4.78, 5) is 28.7. The van der Waals surface area contributed by atoms with Gasteiger partial charge in [0.05, 0.1) is 17.5 Å². The van der Waals surface area contributed by atoms with Crippen LogP contribution >= 0.6 is 11.6 Å². The Kier molecular flexibility index (Phi) is 10.4. The molecule has 0 saturated heterocycles. The molecule has 0 spiro atoms. The largest absolute Gasteiger partial charge is 0.416 e. The number of carbonyl (C=O) groups excluding carboxylic acids is 2. The number of sulfonamides is 1. The number of nitrogens with zero attached hydrogens (tertiary/aromatic N) is 2. The van der Waals surface area contributed by atoms with E-state index in [1.165, 1.54) is 11.0 Å². The third-order valence-corrected chi connectivity index (χ3v) is 7.65.